The molecule has 0 saturated heterocycles. The van der Waals surface area contributed by atoms with Crippen LogP contribution >= 0.6 is 0 Å². The molecule has 0 bridgehead atoms. The van der Waals surface area contributed by atoms with Crippen molar-refractivity contribution in [2.24, 2.45) is 0 Å². The van der Waals surface area contributed by atoms with E-state index in [1.54, 1.807) is 22.7 Å². The van der Waals surface area contributed by atoms with Gasteiger partial charge in [0, 0.05) is 12.6 Å². The van der Waals surface area contributed by atoms with Crippen LogP contribution in [-0.2, 0) is 23.0 Å². The maximum atomic E-state index is 14.0. The highest BCUT2D eigenvalue weighted by molar-refractivity contribution is 7.93. The number of benzene rings is 2. The van der Waals surface area contributed by atoms with Crippen LogP contribution in [0.15, 0.2) is 65.7 Å². The van der Waals surface area contributed by atoms with Gasteiger partial charge in [0.05, 0.1) is 12.2 Å². The quantitative estimate of drug-likeness (QED) is 0.444. The number of pyridine rings is 1. The van der Waals surface area contributed by atoms with E-state index in [1.165, 1.54) is 4.31 Å². The Morgan fingerprint density at radius 1 is 0.935 bits per heavy atom. The zero-order valence-corrected chi connectivity index (χ0v) is 19.0. The monoisotopic (exact) mass is 434 g/mol. The highest BCUT2D eigenvalue weighted by Gasteiger charge is 2.29. The van der Waals surface area contributed by atoms with Gasteiger partial charge in [-0.25, -0.2) is 8.42 Å². The van der Waals surface area contributed by atoms with E-state index in [0.717, 1.165) is 28.1 Å². The first-order chi connectivity index (χ1) is 14.8. The zero-order valence-electron chi connectivity index (χ0n) is 18.2. The minimum absolute atomic E-state index is 0.146. The van der Waals surface area contributed by atoms with Crippen molar-refractivity contribution >= 4 is 21.4 Å². The summed E-state index contributed by atoms with van der Waals surface area (Å²) >= 11 is 0. The first kappa shape index (κ1) is 21.1. The van der Waals surface area contributed by atoms with E-state index in [9.17, 15) is 8.42 Å². The fraction of sp³-hybridized carbons (Fsp3) is 0.250. The summed E-state index contributed by atoms with van der Waals surface area (Å²) in [6.45, 7) is 8.21. The van der Waals surface area contributed by atoms with E-state index in [1.807, 2.05) is 70.2 Å². The smallest absolute Gasteiger partial charge is 0.268 e. The number of aromatic nitrogens is 3. The van der Waals surface area contributed by atoms with Gasteiger partial charge in [-0.15, -0.1) is 10.2 Å². The Morgan fingerprint density at radius 2 is 1.68 bits per heavy atom. The van der Waals surface area contributed by atoms with Crippen molar-refractivity contribution in [1.82, 2.24) is 14.6 Å². The second kappa shape index (κ2) is 8.15. The second-order valence-corrected chi connectivity index (χ2v) is 9.63. The van der Waals surface area contributed by atoms with Gasteiger partial charge in [0.25, 0.3) is 10.0 Å². The Bertz CT molecular complexity index is 1340. The molecule has 160 valence electrons. The largest absolute Gasteiger partial charge is 0.285 e. The van der Waals surface area contributed by atoms with Gasteiger partial charge in [0.15, 0.2) is 5.65 Å². The standard InChI is InChI=1S/C24H26N4O2S/c1-5-23-25-26-24-22(7-6-14-27(23)24)31(29,30)28(16-20-11-8-17(2)9-12-20)21-13-10-18(3)19(4)15-21/h6-15H,5,16H2,1-4H3. The molecule has 0 fully saturated rings. The third kappa shape index (κ3) is 3.93. The summed E-state index contributed by atoms with van der Waals surface area (Å²) in [5.41, 5.74) is 5.16. The number of aryl methyl sites for hydroxylation is 4. The molecular weight excluding hydrogens is 408 g/mol. The second-order valence-electron chi connectivity index (χ2n) is 7.80. The van der Waals surface area contributed by atoms with Crippen LogP contribution in [0.1, 0.15) is 35.0 Å². The van der Waals surface area contributed by atoms with Crippen molar-refractivity contribution in [1.29, 1.82) is 0 Å². The summed E-state index contributed by atoms with van der Waals surface area (Å²) < 4.78 is 31.1. The lowest BCUT2D eigenvalue weighted by Gasteiger charge is -2.25. The Morgan fingerprint density at radius 3 is 2.35 bits per heavy atom. The SMILES string of the molecule is CCc1nnc2c(S(=O)(=O)N(Cc3ccc(C)cc3)c3ccc(C)c(C)c3)cccn12. The maximum absolute atomic E-state index is 14.0. The Balaban J connectivity index is 1.88. The summed E-state index contributed by atoms with van der Waals surface area (Å²) in [5, 5.41) is 8.36. The predicted molar refractivity (Wildman–Crippen MR) is 123 cm³/mol. The molecule has 2 heterocycles. The van der Waals surface area contributed by atoms with Crippen LogP contribution < -0.4 is 4.31 Å². The summed E-state index contributed by atoms with van der Waals surface area (Å²) in [4.78, 5) is 0.146. The van der Waals surface area contributed by atoms with Crippen LogP contribution in [0.5, 0.6) is 0 Å². The Kier molecular flexibility index (Phi) is 5.54. The molecule has 4 aromatic rings. The molecule has 0 unspecified atom stereocenters. The molecule has 31 heavy (non-hydrogen) atoms. The molecule has 0 radical (unpaired) electrons. The van der Waals surface area contributed by atoms with Gasteiger partial charge in [-0.2, -0.15) is 0 Å². The van der Waals surface area contributed by atoms with Gasteiger partial charge in [-0.1, -0.05) is 42.8 Å². The van der Waals surface area contributed by atoms with Crippen LogP contribution in [-0.4, -0.2) is 23.0 Å². The number of rotatable bonds is 6. The van der Waals surface area contributed by atoms with E-state index in [2.05, 4.69) is 10.2 Å². The molecule has 0 spiro atoms. The van der Waals surface area contributed by atoms with Gasteiger partial charge >= 0.3 is 0 Å². The lowest BCUT2D eigenvalue weighted by atomic mass is 10.1. The van der Waals surface area contributed by atoms with Gasteiger partial charge in [0.1, 0.15) is 10.7 Å². The average Bonchev–Trinajstić information content (AvgIpc) is 3.18. The Hall–Kier alpha value is -3.19. The first-order valence-electron chi connectivity index (χ1n) is 10.3. The fourth-order valence-electron chi connectivity index (χ4n) is 3.56. The molecule has 0 amide bonds. The van der Waals surface area contributed by atoms with E-state index < -0.39 is 10.0 Å². The molecule has 7 heteroatoms. The van der Waals surface area contributed by atoms with Gasteiger partial charge in [-0.05, 0) is 61.7 Å². The normalized spacial score (nSPS) is 11.7. The van der Waals surface area contributed by atoms with E-state index in [4.69, 9.17) is 0 Å². The number of nitrogens with zero attached hydrogens (tertiary/aromatic N) is 4. The minimum atomic E-state index is -3.90. The molecule has 0 aliphatic rings. The van der Waals surface area contributed by atoms with Gasteiger partial charge in [0.2, 0.25) is 0 Å². The molecule has 0 aliphatic carbocycles. The van der Waals surface area contributed by atoms with Crippen molar-refractivity contribution in [3.63, 3.8) is 0 Å². The van der Waals surface area contributed by atoms with Gasteiger partial charge < -0.3 is 0 Å². The molecule has 0 saturated carbocycles. The highest BCUT2D eigenvalue weighted by Crippen LogP contribution is 2.29. The highest BCUT2D eigenvalue weighted by atomic mass is 32.2. The average molecular weight is 435 g/mol. The first-order valence-corrected chi connectivity index (χ1v) is 11.7. The molecule has 0 atom stereocenters. The van der Waals surface area contributed by atoms with E-state index >= 15 is 0 Å². The summed E-state index contributed by atoms with van der Waals surface area (Å²) in [6, 6.07) is 17.0. The predicted octanol–water partition coefficient (Wildman–Crippen LogP) is 4.61. The third-order valence-electron chi connectivity index (χ3n) is 5.58. The van der Waals surface area contributed by atoms with E-state index in [-0.39, 0.29) is 11.4 Å². The molecule has 2 aromatic heterocycles. The number of hydrogen-bond acceptors (Lipinski definition) is 4. The van der Waals surface area contributed by atoms with E-state index in [0.29, 0.717) is 17.8 Å². The summed E-state index contributed by atoms with van der Waals surface area (Å²) in [7, 11) is -3.90. The number of anilines is 1. The minimum Gasteiger partial charge on any atom is -0.285 e. The Labute approximate surface area is 183 Å². The van der Waals surface area contributed by atoms with Crippen LogP contribution in [0.3, 0.4) is 0 Å². The number of hydrogen-bond donors (Lipinski definition) is 0. The molecule has 6 nitrogen and oxygen atoms in total. The topological polar surface area (TPSA) is 67.6 Å². The fourth-order valence-corrected chi connectivity index (χ4v) is 5.12. The molecular formula is C24H26N4O2S. The lowest BCUT2D eigenvalue weighted by molar-refractivity contribution is 0.590. The molecule has 0 aliphatic heterocycles. The number of fused-ring (bicyclic) bond motifs is 1. The molecule has 0 N–H and O–H groups in total. The van der Waals surface area contributed by atoms with Crippen LogP contribution in [0.4, 0.5) is 5.69 Å². The molecule has 2 aromatic carbocycles. The zero-order chi connectivity index (χ0) is 22.2. The van der Waals surface area contributed by atoms with Crippen molar-refractivity contribution in [3.8, 4) is 0 Å². The van der Waals surface area contributed by atoms with Crippen LogP contribution in [0.2, 0.25) is 0 Å². The van der Waals surface area contributed by atoms with Crippen molar-refractivity contribution in [2.75, 3.05) is 4.31 Å². The number of sulfonamides is 1. The van der Waals surface area contributed by atoms with Crippen molar-refractivity contribution in [2.45, 2.75) is 45.6 Å². The summed E-state index contributed by atoms with van der Waals surface area (Å²) in [6.07, 6.45) is 2.46. The maximum Gasteiger partial charge on any atom is 0.268 e. The summed E-state index contributed by atoms with van der Waals surface area (Å²) in [5.74, 6) is 0.725. The van der Waals surface area contributed by atoms with Gasteiger partial charge in [-0.3, -0.25) is 8.71 Å². The lowest BCUT2D eigenvalue weighted by Crippen LogP contribution is -2.31. The van der Waals surface area contributed by atoms with Crippen molar-refractivity contribution < 1.29 is 8.42 Å². The third-order valence-corrected chi connectivity index (χ3v) is 7.37. The van der Waals surface area contributed by atoms with Crippen LogP contribution in [0.25, 0.3) is 5.65 Å². The van der Waals surface area contributed by atoms with Crippen LogP contribution in [0, 0.1) is 20.8 Å². The van der Waals surface area contributed by atoms with Crippen molar-refractivity contribution in [3.05, 3.63) is 88.9 Å². The molecule has 4 rings (SSSR count).